The van der Waals surface area contributed by atoms with Gasteiger partial charge in [0.1, 0.15) is 5.75 Å². The van der Waals surface area contributed by atoms with E-state index in [0.717, 1.165) is 44.8 Å². The van der Waals surface area contributed by atoms with Gasteiger partial charge >= 0.3 is 0 Å². The number of pyridine rings is 1. The molecule has 2 aromatic carbocycles. The molecule has 6 heteroatoms. The van der Waals surface area contributed by atoms with Crippen LogP contribution in [0, 0.1) is 6.92 Å². The minimum absolute atomic E-state index is 0. The van der Waals surface area contributed by atoms with Gasteiger partial charge in [-0.1, -0.05) is 18.2 Å². The topological polar surface area (TPSA) is 52.0 Å². The summed E-state index contributed by atoms with van der Waals surface area (Å²) in [6, 6.07) is 16.2. The molecular formula is C20H21ClN4O. The molecular weight excluding hydrogens is 348 g/mol. The number of hydrogen-bond acceptors (Lipinski definition) is 4. The molecule has 4 rings (SSSR count). The Labute approximate surface area is 158 Å². The van der Waals surface area contributed by atoms with Gasteiger partial charge in [0.15, 0.2) is 5.65 Å². The van der Waals surface area contributed by atoms with Crippen LogP contribution in [0.2, 0.25) is 0 Å². The zero-order valence-corrected chi connectivity index (χ0v) is 15.8. The normalized spacial score (nSPS) is 10.7. The highest BCUT2D eigenvalue weighted by molar-refractivity contribution is 6.08. The first-order valence-corrected chi connectivity index (χ1v) is 8.39. The minimum Gasteiger partial charge on any atom is -0.494 e. The van der Waals surface area contributed by atoms with E-state index < -0.39 is 0 Å². The van der Waals surface area contributed by atoms with Gasteiger partial charge in [-0.2, -0.15) is 5.10 Å². The fourth-order valence-electron chi connectivity index (χ4n) is 3.17. The van der Waals surface area contributed by atoms with Crippen molar-refractivity contribution < 1.29 is 4.74 Å². The van der Waals surface area contributed by atoms with E-state index >= 15 is 0 Å². The van der Waals surface area contributed by atoms with E-state index in [-0.39, 0.29) is 12.4 Å². The molecule has 0 radical (unpaired) electrons. The van der Waals surface area contributed by atoms with E-state index in [1.807, 2.05) is 68.0 Å². The summed E-state index contributed by atoms with van der Waals surface area (Å²) in [5.41, 5.74) is 4.83. The third-order valence-electron chi connectivity index (χ3n) is 4.28. The van der Waals surface area contributed by atoms with Crippen LogP contribution in [-0.4, -0.2) is 21.4 Å². The Hall–Kier alpha value is -2.79. The maximum atomic E-state index is 5.52. The Kier molecular flexibility index (Phi) is 5.00. The van der Waals surface area contributed by atoms with Gasteiger partial charge in [0, 0.05) is 18.1 Å². The lowest BCUT2D eigenvalue weighted by molar-refractivity contribution is 0.340. The molecule has 0 saturated carbocycles. The smallest absolute Gasteiger partial charge is 0.160 e. The summed E-state index contributed by atoms with van der Waals surface area (Å²) in [7, 11) is 1.93. The molecule has 0 spiro atoms. The van der Waals surface area contributed by atoms with E-state index in [4.69, 9.17) is 9.72 Å². The van der Waals surface area contributed by atoms with E-state index in [1.165, 1.54) is 0 Å². The zero-order valence-electron chi connectivity index (χ0n) is 15.0. The van der Waals surface area contributed by atoms with E-state index in [0.29, 0.717) is 6.61 Å². The number of nitrogens with zero attached hydrogens (tertiary/aromatic N) is 3. The number of aromatic nitrogens is 3. The van der Waals surface area contributed by atoms with Crippen LogP contribution in [0.5, 0.6) is 5.75 Å². The summed E-state index contributed by atoms with van der Waals surface area (Å²) in [5.74, 6) is 0.871. The second-order valence-corrected chi connectivity index (χ2v) is 5.99. The lowest BCUT2D eigenvalue weighted by Crippen LogP contribution is -1.97. The summed E-state index contributed by atoms with van der Waals surface area (Å²) in [6.07, 6.45) is 0. The zero-order chi connectivity index (χ0) is 17.4. The van der Waals surface area contributed by atoms with Crippen LogP contribution in [0.1, 0.15) is 12.6 Å². The molecule has 0 fully saturated rings. The largest absolute Gasteiger partial charge is 0.494 e. The number of benzene rings is 2. The van der Waals surface area contributed by atoms with Gasteiger partial charge in [0.2, 0.25) is 0 Å². The molecule has 0 bridgehead atoms. The molecule has 26 heavy (non-hydrogen) atoms. The van der Waals surface area contributed by atoms with Gasteiger partial charge in [0.05, 0.1) is 28.9 Å². The maximum absolute atomic E-state index is 5.52. The van der Waals surface area contributed by atoms with Crippen molar-refractivity contribution in [3.8, 4) is 5.75 Å². The number of hydrogen-bond donors (Lipinski definition) is 1. The molecule has 0 aliphatic heterocycles. The fraction of sp³-hybridized carbons (Fsp3) is 0.200. The van der Waals surface area contributed by atoms with Gasteiger partial charge in [-0.05, 0) is 44.2 Å². The van der Waals surface area contributed by atoms with Crippen molar-refractivity contribution in [2.45, 2.75) is 13.8 Å². The SMILES string of the molecule is CCOc1ccc(Nc2c3ccccc3nc3c2c(C)nn3C)cc1.Cl. The second-order valence-electron chi connectivity index (χ2n) is 5.99. The van der Waals surface area contributed by atoms with Crippen LogP contribution in [0.4, 0.5) is 11.4 Å². The summed E-state index contributed by atoms with van der Waals surface area (Å²) in [6.45, 7) is 4.66. The minimum atomic E-state index is 0. The van der Waals surface area contributed by atoms with Crippen LogP contribution >= 0.6 is 12.4 Å². The molecule has 134 valence electrons. The van der Waals surface area contributed by atoms with Crippen molar-refractivity contribution >= 4 is 45.7 Å². The molecule has 0 amide bonds. The van der Waals surface area contributed by atoms with Gasteiger partial charge in [-0.3, -0.25) is 4.68 Å². The number of para-hydroxylation sites is 1. The third kappa shape index (κ3) is 3.06. The first kappa shape index (κ1) is 18.0. The Bertz CT molecular complexity index is 1060. The first-order valence-electron chi connectivity index (χ1n) is 8.39. The van der Waals surface area contributed by atoms with Crippen LogP contribution in [0.15, 0.2) is 48.5 Å². The molecule has 1 N–H and O–H groups in total. The standard InChI is InChI=1S/C20H20N4O.ClH/c1-4-25-15-11-9-14(10-12-15)21-19-16-7-5-6-8-17(16)22-20-18(19)13(2)23-24(20)3;/h5-12H,4H2,1-3H3,(H,21,22);1H. The Balaban J connectivity index is 0.00000196. The number of aryl methyl sites for hydroxylation is 2. The monoisotopic (exact) mass is 368 g/mol. The quantitative estimate of drug-likeness (QED) is 0.551. The van der Waals surface area contributed by atoms with Crippen LogP contribution in [0.25, 0.3) is 21.9 Å². The molecule has 5 nitrogen and oxygen atoms in total. The van der Waals surface area contributed by atoms with Crippen molar-refractivity contribution in [3.05, 3.63) is 54.2 Å². The van der Waals surface area contributed by atoms with Crippen molar-refractivity contribution in [2.24, 2.45) is 7.05 Å². The van der Waals surface area contributed by atoms with Crippen molar-refractivity contribution in [2.75, 3.05) is 11.9 Å². The lowest BCUT2D eigenvalue weighted by atomic mass is 10.1. The van der Waals surface area contributed by atoms with Crippen molar-refractivity contribution in [3.63, 3.8) is 0 Å². The van der Waals surface area contributed by atoms with Gasteiger partial charge in [0.25, 0.3) is 0 Å². The number of rotatable bonds is 4. The van der Waals surface area contributed by atoms with Crippen LogP contribution in [0.3, 0.4) is 0 Å². The number of fused-ring (bicyclic) bond motifs is 2. The summed E-state index contributed by atoms with van der Waals surface area (Å²) in [4.78, 5) is 4.78. The Morgan fingerprint density at radius 3 is 2.54 bits per heavy atom. The summed E-state index contributed by atoms with van der Waals surface area (Å²) in [5, 5.41) is 10.2. The first-order chi connectivity index (χ1) is 12.2. The molecule has 4 aromatic rings. The van der Waals surface area contributed by atoms with Gasteiger partial charge in [-0.25, -0.2) is 4.98 Å². The molecule has 0 aliphatic carbocycles. The highest BCUT2D eigenvalue weighted by Gasteiger charge is 2.15. The highest BCUT2D eigenvalue weighted by atomic mass is 35.5. The van der Waals surface area contributed by atoms with E-state index in [1.54, 1.807) is 0 Å². The molecule has 2 heterocycles. The highest BCUT2D eigenvalue weighted by Crippen LogP contribution is 2.34. The Morgan fingerprint density at radius 2 is 1.81 bits per heavy atom. The molecule has 0 unspecified atom stereocenters. The van der Waals surface area contributed by atoms with E-state index in [9.17, 15) is 0 Å². The van der Waals surface area contributed by atoms with Gasteiger partial charge in [-0.15, -0.1) is 12.4 Å². The number of nitrogens with one attached hydrogen (secondary N) is 1. The third-order valence-corrected chi connectivity index (χ3v) is 4.28. The van der Waals surface area contributed by atoms with Crippen molar-refractivity contribution in [1.29, 1.82) is 0 Å². The predicted molar refractivity (Wildman–Crippen MR) is 109 cm³/mol. The molecule has 0 atom stereocenters. The number of anilines is 2. The van der Waals surface area contributed by atoms with Gasteiger partial charge < -0.3 is 10.1 Å². The van der Waals surface area contributed by atoms with Crippen LogP contribution < -0.4 is 10.1 Å². The maximum Gasteiger partial charge on any atom is 0.160 e. The average Bonchev–Trinajstić information content (AvgIpc) is 2.90. The summed E-state index contributed by atoms with van der Waals surface area (Å²) >= 11 is 0. The molecule has 0 aliphatic rings. The van der Waals surface area contributed by atoms with E-state index in [2.05, 4.69) is 16.5 Å². The van der Waals surface area contributed by atoms with Crippen LogP contribution in [-0.2, 0) is 7.05 Å². The molecule has 0 saturated heterocycles. The number of ether oxygens (including phenoxy) is 1. The Morgan fingerprint density at radius 1 is 1.08 bits per heavy atom. The lowest BCUT2D eigenvalue weighted by Gasteiger charge is -2.12. The fourth-order valence-corrected chi connectivity index (χ4v) is 3.17. The number of halogens is 1. The predicted octanol–water partition coefficient (Wildman–Crippen LogP) is 4.99. The summed E-state index contributed by atoms with van der Waals surface area (Å²) < 4.78 is 7.36. The van der Waals surface area contributed by atoms with Crippen molar-refractivity contribution in [1.82, 2.24) is 14.8 Å². The average molecular weight is 369 g/mol. The molecule has 2 aromatic heterocycles. The second kappa shape index (κ2) is 7.22.